The van der Waals surface area contributed by atoms with Gasteiger partial charge in [0, 0.05) is 31.5 Å². The Labute approximate surface area is 175 Å². The zero-order valence-corrected chi connectivity index (χ0v) is 17.2. The number of carbonyl (C=O) groups excluding carboxylic acids is 1. The van der Waals surface area contributed by atoms with Crippen LogP contribution in [-0.2, 0) is 0 Å². The second-order valence-electron chi connectivity index (χ2n) is 7.23. The second kappa shape index (κ2) is 9.03. The molecule has 2 aromatic carbocycles. The van der Waals surface area contributed by atoms with Crippen molar-refractivity contribution in [3.8, 4) is 5.75 Å². The first-order valence-electron chi connectivity index (χ1n) is 9.27. The van der Waals surface area contributed by atoms with Crippen LogP contribution in [0.3, 0.4) is 0 Å². The highest BCUT2D eigenvalue weighted by atomic mass is 35.5. The predicted molar refractivity (Wildman–Crippen MR) is 112 cm³/mol. The van der Waals surface area contributed by atoms with Crippen LogP contribution >= 0.6 is 23.2 Å². The topological polar surface area (TPSA) is 75.8 Å². The number of nitrogens with zero attached hydrogens (tertiary/aromatic N) is 1. The van der Waals surface area contributed by atoms with Crippen LogP contribution in [0.1, 0.15) is 35.2 Å². The molecule has 7 heteroatoms. The van der Waals surface area contributed by atoms with Crippen molar-refractivity contribution in [1.82, 2.24) is 4.90 Å². The molecule has 0 fully saturated rings. The molecule has 1 aliphatic heterocycles. The number of aliphatic hydroxyl groups is 1. The fourth-order valence-electron chi connectivity index (χ4n) is 3.50. The highest BCUT2D eigenvalue weighted by Crippen LogP contribution is 2.32. The maximum atomic E-state index is 13.3. The number of hydrogen-bond donors (Lipinski definition) is 2. The maximum absolute atomic E-state index is 13.3. The van der Waals surface area contributed by atoms with Crippen LogP contribution in [0.2, 0.25) is 10.0 Å². The minimum Gasteiger partial charge on any atom is -0.490 e. The van der Waals surface area contributed by atoms with E-state index in [0.29, 0.717) is 53.2 Å². The summed E-state index contributed by atoms with van der Waals surface area (Å²) in [4.78, 5) is 15.1. The normalized spacial score (nSPS) is 18.1. The summed E-state index contributed by atoms with van der Waals surface area (Å²) in [6.45, 7) is 3.52. The number of nitrogens with two attached hydrogens (primary N) is 1. The fourth-order valence-corrected chi connectivity index (χ4v) is 3.81. The van der Waals surface area contributed by atoms with E-state index in [-0.39, 0.29) is 24.3 Å². The van der Waals surface area contributed by atoms with E-state index in [0.717, 1.165) is 5.56 Å². The molecule has 0 radical (unpaired) electrons. The monoisotopic (exact) mass is 422 g/mol. The van der Waals surface area contributed by atoms with E-state index in [9.17, 15) is 9.90 Å². The van der Waals surface area contributed by atoms with Gasteiger partial charge >= 0.3 is 0 Å². The van der Waals surface area contributed by atoms with Crippen molar-refractivity contribution >= 4 is 34.8 Å². The molecule has 3 N–H and O–H groups in total. The third-order valence-electron chi connectivity index (χ3n) is 4.94. The van der Waals surface area contributed by atoms with Crippen molar-refractivity contribution < 1.29 is 14.6 Å². The number of aliphatic hydroxyl groups excluding tert-OH is 1. The molecule has 3 rings (SSSR count). The Kier molecular flexibility index (Phi) is 6.70. The number of halogens is 2. The molecule has 0 unspecified atom stereocenters. The first-order chi connectivity index (χ1) is 13.4. The number of para-hydroxylation sites is 1. The van der Waals surface area contributed by atoms with E-state index in [4.69, 9.17) is 33.7 Å². The smallest absolute Gasteiger partial charge is 0.257 e. The lowest BCUT2D eigenvalue weighted by molar-refractivity contribution is 0.0664. The Balaban J connectivity index is 1.92. The van der Waals surface area contributed by atoms with Gasteiger partial charge in [0.15, 0.2) is 5.75 Å². The number of fused-ring (bicyclic) bond motifs is 1. The van der Waals surface area contributed by atoms with Crippen molar-refractivity contribution in [3.63, 3.8) is 0 Å². The predicted octanol–water partition coefficient (Wildman–Crippen LogP) is 4.21. The first kappa shape index (κ1) is 20.8. The van der Waals surface area contributed by atoms with Crippen molar-refractivity contribution in [1.29, 1.82) is 0 Å². The minimum atomic E-state index is -0.128. The van der Waals surface area contributed by atoms with Crippen molar-refractivity contribution in [2.45, 2.75) is 19.3 Å². The standard InChI is InChI=1S/C21H24Cl2N2O3/c1-13-10-25(21(27)16-3-2-4-19(24)20(16)28-12-13)11-15(7-8-26)14-5-6-17(22)18(23)9-14/h2-6,9,13,15,26H,7-8,10-12,24H2,1H3/t13-,15-/m1/s1. The van der Waals surface area contributed by atoms with Gasteiger partial charge in [-0.05, 0) is 36.2 Å². The number of carbonyl (C=O) groups is 1. The Morgan fingerprint density at radius 1 is 1.29 bits per heavy atom. The molecule has 2 aromatic rings. The summed E-state index contributed by atoms with van der Waals surface area (Å²) in [7, 11) is 0. The van der Waals surface area contributed by atoms with E-state index in [1.165, 1.54) is 0 Å². The quantitative estimate of drug-likeness (QED) is 0.707. The van der Waals surface area contributed by atoms with Crippen LogP contribution in [-0.4, -0.2) is 42.2 Å². The van der Waals surface area contributed by atoms with Crippen molar-refractivity contribution in [2.24, 2.45) is 5.92 Å². The molecule has 0 saturated carbocycles. The van der Waals surface area contributed by atoms with Crippen LogP contribution in [0, 0.1) is 5.92 Å². The van der Waals surface area contributed by atoms with Gasteiger partial charge in [0.2, 0.25) is 0 Å². The SMILES string of the molecule is C[C@H]1COc2c(N)cccc2C(=O)N(C[C@@H](CCO)c2ccc(Cl)c(Cl)c2)C1. The zero-order chi connectivity index (χ0) is 20.3. The number of benzene rings is 2. The van der Waals surface area contributed by atoms with E-state index < -0.39 is 0 Å². The molecule has 0 saturated heterocycles. The lowest BCUT2D eigenvalue weighted by Gasteiger charge is -2.33. The van der Waals surface area contributed by atoms with Gasteiger partial charge in [-0.25, -0.2) is 0 Å². The average molecular weight is 423 g/mol. The van der Waals surface area contributed by atoms with Crippen LogP contribution in [0.5, 0.6) is 5.75 Å². The van der Waals surface area contributed by atoms with Gasteiger partial charge in [-0.2, -0.15) is 0 Å². The molecule has 1 heterocycles. The average Bonchev–Trinajstić information content (AvgIpc) is 2.66. The van der Waals surface area contributed by atoms with Gasteiger partial charge < -0.3 is 20.5 Å². The molecule has 150 valence electrons. The first-order valence-corrected chi connectivity index (χ1v) is 10.0. The Bertz CT molecular complexity index is 860. The maximum Gasteiger partial charge on any atom is 0.257 e. The van der Waals surface area contributed by atoms with Crippen LogP contribution in [0.15, 0.2) is 36.4 Å². The highest BCUT2D eigenvalue weighted by molar-refractivity contribution is 6.42. The van der Waals surface area contributed by atoms with E-state index >= 15 is 0 Å². The summed E-state index contributed by atoms with van der Waals surface area (Å²) in [5.74, 6) is 0.384. The van der Waals surface area contributed by atoms with Crippen molar-refractivity contribution in [2.75, 3.05) is 32.0 Å². The third kappa shape index (κ3) is 4.54. The number of amides is 1. The lowest BCUT2D eigenvalue weighted by Crippen LogP contribution is -2.41. The third-order valence-corrected chi connectivity index (χ3v) is 5.68. The molecule has 0 spiro atoms. The summed E-state index contributed by atoms with van der Waals surface area (Å²) in [5, 5.41) is 10.5. The summed E-state index contributed by atoms with van der Waals surface area (Å²) in [6.07, 6.45) is 0.510. The molecular weight excluding hydrogens is 399 g/mol. The van der Waals surface area contributed by atoms with Crippen molar-refractivity contribution in [3.05, 3.63) is 57.6 Å². The van der Waals surface area contributed by atoms with E-state index in [1.807, 2.05) is 17.9 Å². The number of hydrogen-bond acceptors (Lipinski definition) is 4. The summed E-state index contributed by atoms with van der Waals surface area (Å²) >= 11 is 12.2. The number of nitrogen functional groups attached to an aromatic ring is 1. The Hall–Kier alpha value is -1.95. The Morgan fingerprint density at radius 3 is 2.79 bits per heavy atom. The van der Waals surface area contributed by atoms with Gasteiger partial charge in [-0.15, -0.1) is 0 Å². The van der Waals surface area contributed by atoms with Crippen LogP contribution < -0.4 is 10.5 Å². The molecule has 5 nitrogen and oxygen atoms in total. The minimum absolute atomic E-state index is 0.00907. The number of rotatable bonds is 5. The Morgan fingerprint density at radius 2 is 2.07 bits per heavy atom. The van der Waals surface area contributed by atoms with Gasteiger partial charge in [0.25, 0.3) is 5.91 Å². The molecule has 0 aliphatic carbocycles. The van der Waals surface area contributed by atoms with E-state index in [1.54, 1.807) is 30.3 Å². The molecule has 1 amide bonds. The molecule has 0 aromatic heterocycles. The molecule has 28 heavy (non-hydrogen) atoms. The summed E-state index contributed by atoms with van der Waals surface area (Å²) in [5.41, 5.74) is 7.89. The second-order valence-corrected chi connectivity index (χ2v) is 8.05. The summed E-state index contributed by atoms with van der Waals surface area (Å²) < 4.78 is 5.81. The van der Waals surface area contributed by atoms with Crippen LogP contribution in [0.4, 0.5) is 5.69 Å². The van der Waals surface area contributed by atoms with Gasteiger partial charge in [0.05, 0.1) is 27.9 Å². The highest BCUT2D eigenvalue weighted by Gasteiger charge is 2.28. The summed E-state index contributed by atoms with van der Waals surface area (Å²) in [6, 6.07) is 10.6. The fraction of sp³-hybridized carbons (Fsp3) is 0.381. The molecule has 1 aliphatic rings. The molecule has 0 bridgehead atoms. The number of ether oxygens (including phenoxy) is 1. The molecular formula is C21H24Cl2N2O3. The van der Waals surface area contributed by atoms with Crippen LogP contribution in [0.25, 0.3) is 0 Å². The van der Waals surface area contributed by atoms with Gasteiger partial charge in [-0.1, -0.05) is 42.3 Å². The molecule has 2 atom stereocenters. The zero-order valence-electron chi connectivity index (χ0n) is 15.7. The van der Waals surface area contributed by atoms with Gasteiger partial charge in [0.1, 0.15) is 0 Å². The number of anilines is 1. The van der Waals surface area contributed by atoms with E-state index in [2.05, 4.69) is 0 Å². The van der Waals surface area contributed by atoms with Gasteiger partial charge in [-0.3, -0.25) is 4.79 Å². The largest absolute Gasteiger partial charge is 0.490 e. The lowest BCUT2D eigenvalue weighted by atomic mass is 9.94.